The van der Waals surface area contributed by atoms with E-state index >= 15 is 0 Å². The van der Waals surface area contributed by atoms with Gasteiger partial charge in [0.05, 0.1) is 0 Å². The number of aromatic amines is 1. The lowest BCUT2D eigenvalue weighted by molar-refractivity contribution is -0.133. The van der Waals surface area contributed by atoms with E-state index in [0.717, 1.165) is 43.9 Å². The molecule has 0 aromatic carbocycles. The third kappa shape index (κ3) is 3.66. The summed E-state index contributed by atoms with van der Waals surface area (Å²) in [6.07, 6.45) is 11.4. The Labute approximate surface area is 127 Å². The van der Waals surface area contributed by atoms with Crippen molar-refractivity contribution in [3.05, 3.63) is 17.7 Å². The first-order chi connectivity index (χ1) is 10.2. The first-order valence-corrected chi connectivity index (χ1v) is 8.51. The number of imidazole rings is 1. The van der Waals surface area contributed by atoms with Gasteiger partial charge in [0.15, 0.2) is 0 Å². The lowest BCUT2D eigenvalue weighted by Crippen LogP contribution is -2.40. The number of rotatable bonds is 3. The van der Waals surface area contributed by atoms with Gasteiger partial charge in [0.2, 0.25) is 5.91 Å². The molecule has 4 nitrogen and oxygen atoms in total. The third-order valence-corrected chi connectivity index (χ3v) is 5.07. The molecule has 0 spiro atoms. The molecule has 0 bridgehead atoms. The van der Waals surface area contributed by atoms with Crippen LogP contribution in [-0.4, -0.2) is 33.9 Å². The van der Waals surface area contributed by atoms with Crippen LogP contribution in [0.1, 0.15) is 68.8 Å². The number of nitrogens with zero attached hydrogens (tertiary/aromatic N) is 2. The number of nitrogens with one attached hydrogen (secondary N) is 1. The molecule has 0 radical (unpaired) electrons. The van der Waals surface area contributed by atoms with E-state index in [0.29, 0.717) is 17.7 Å². The lowest BCUT2D eigenvalue weighted by atomic mass is 9.86. The minimum absolute atomic E-state index is 0.370. The number of amides is 1. The maximum Gasteiger partial charge on any atom is 0.222 e. The summed E-state index contributed by atoms with van der Waals surface area (Å²) in [7, 11) is 0. The molecule has 1 atom stereocenters. The zero-order chi connectivity index (χ0) is 14.7. The summed E-state index contributed by atoms with van der Waals surface area (Å²) in [6, 6.07) is 0. The van der Waals surface area contributed by atoms with Crippen LogP contribution >= 0.6 is 0 Å². The average molecular weight is 289 g/mol. The normalized spacial score (nSPS) is 24.2. The van der Waals surface area contributed by atoms with Crippen molar-refractivity contribution < 1.29 is 4.79 Å². The predicted molar refractivity (Wildman–Crippen MR) is 83.1 cm³/mol. The summed E-state index contributed by atoms with van der Waals surface area (Å²) in [5, 5.41) is 0. The van der Waals surface area contributed by atoms with Crippen LogP contribution in [0, 0.1) is 12.8 Å². The lowest BCUT2D eigenvalue weighted by Gasteiger charge is -2.33. The summed E-state index contributed by atoms with van der Waals surface area (Å²) in [5.41, 5.74) is 1.11. The predicted octanol–water partition coefficient (Wildman–Crippen LogP) is 3.39. The summed E-state index contributed by atoms with van der Waals surface area (Å²) in [5.74, 6) is 2.46. The van der Waals surface area contributed by atoms with Gasteiger partial charge in [-0.3, -0.25) is 4.79 Å². The number of aromatic nitrogens is 2. The van der Waals surface area contributed by atoms with Gasteiger partial charge in [0.25, 0.3) is 0 Å². The van der Waals surface area contributed by atoms with Crippen molar-refractivity contribution >= 4 is 5.91 Å². The highest BCUT2D eigenvalue weighted by Gasteiger charge is 2.28. The van der Waals surface area contributed by atoms with Crippen molar-refractivity contribution in [1.82, 2.24) is 14.9 Å². The molecule has 1 aliphatic heterocycles. The Hall–Kier alpha value is -1.32. The smallest absolute Gasteiger partial charge is 0.222 e. The van der Waals surface area contributed by atoms with E-state index in [2.05, 4.69) is 14.9 Å². The van der Waals surface area contributed by atoms with Gasteiger partial charge >= 0.3 is 0 Å². The second-order valence-electron chi connectivity index (χ2n) is 6.84. The zero-order valence-corrected chi connectivity index (χ0v) is 13.1. The topological polar surface area (TPSA) is 49.0 Å². The number of piperidine rings is 1. The molecule has 2 heterocycles. The highest BCUT2D eigenvalue weighted by Crippen LogP contribution is 2.29. The van der Waals surface area contributed by atoms with E-state index in [1.165, 1.54) is 32.1 Å². The Bertz CT molecular complexity index is 476. The fourth-order valence-corrected chi connectivity index (χ4v) is 3.83. The minimum atomic E-state index is 0.370. The van der Waals surface area contributed by atoms with Crippen molar-refractivity contribution in [1.29, 1.82) is 0 Å². The average Bonchev–Trinajstić information content (AvgIpc) is 2.95. The molecule has 21 heavy (non-hydrogen) atoms. The highest BCUT2D eigenvalue weighted by molar-refractivity contribution is 5.76. The molecule has 1 saturated heterocycles. The number of hydrogen-bond donors (Lipinski definition) is 1. The van der Waals surface area contributed by atoms with Crippen LogP contribution in [0.25, 0.3) is 0 Å². The SMILES string of the molecule is Cc1cnc(C2CCCN(C(=O)CC3CCCCC3)C2)[nH]1. The summed E-state index contributed by atoms with van der Waals surface area (Å²) >= 11 is 0. The van der Waals surface area contributed by atoms with Crippen LogP contribution in [-0.2, 0) is 4.79 Å². The molecule has 116 valence electrons. The van der Waals surface area contributed by atoms with Crippen LogP contribution in [0.4, 0.5) is 0 Å². The van der Waals surface area contributed by atoms with Gasteiger partial charge in [-0.05, 0) is 38.5 Å². The largest absolute Gasteiger partial charge is 0.346 e. The van der Waals surface area contributed by atoms with Gasteiger partial charge in [-0.25, -0.2) is 4.98 Å². The second kappa shape index (κ2) is 6.63. The third-order valence-electron chi connectivity index (χ3n) is 5.07. The summed E-state index contributed by atoms with van der Waals surface area (Å²) in [6.45, 7) is 3.81. The van der Waals surface area contributed by atoms with E-state index < -0.39 is 0 Å². The molecule has 1 N–H and O–H groups in total. The van der Waals surface area contributed by atoms with Crippen molar-refractivity contribution in [3.8, 4) is 0 Å². The van der Waals surface area contributed by atoms with Crippen LogP contribution < -0.4 is 0 Å². The van der Waals surface area contributed by atoms with Gasteiger partial charge < -0.3 is 9.88 Å². The molecular formula is C17H27N3O. The number of likely N-dealkylation sites (tertiary alicyclic amines) is 1. The molecule has 1 aromatic rings. The van der Waals surface area contributed by atoms with Crippen molar-refractivity contribution in [3.63, 3.8) is 0 Å². The number of carbonyl (C=O) groups is 1. The van der Waals surface area contributed by atoms with Crippen molar-refractivity contribution in [2.24, 2.45) is 5.92 Å². The van der Waals surface area contributed by atoms with E-state index in [1.807, 2.05) is 13.1 Å². The number of carbonyl (C=O) groups excluding carboxylic acids is 1. The van der Waals surface area contributed by atoms with Crippen LogP contribution in [0.2, 0.25) is 0 Å². The maximum atomic E-state index is 12.5. The molecule has 4 heteroatoms. The van der Waals surface area contributed by atoms with Crippen molar-refractivity contribution in [2.75, 3.05) is 13.1 Å². The summed E-state index contributed by atoms with van der Waals surface area (Å²) in [4.78, 5) is 22.4. The van der Waals surface area contributed by atoms with E-state index in [-0.39, 0.29) is 0 Å². The number of hydrogen-bond acceptors (Lipinski definition) is 2. The first-order valence-electron chi connectivity index (χ1n) is 8.51. The fraction of sp³-hybridized carbons (Fsp3) is 0.765. The second-order valence-corrected chi connectivity index (χ2v) is 6.84. The molecule has 1 saturated carbocycles. The minimum Gasteiger partial charge on any atom is -0.346 e. The highest BCUT2D eigenvalue weighted by atomic mass is 16.2. The van der Waals surface area contributed by atoms with Gasteiger partial charge in [0, 0.05) is 37.3 Å². The van der Waals surface area contributed by atoms with Gasteiger partial charge in [-0.2, -0.15) is 0 Å². The Morgan fingerprint density at radius 2 is 2.10 bits per heavy atom. The van der Waals surface area contributed by atoms with Gasteiger partial charge in [-0.15, -0.1) is 0 Å². The fourth-order valence-electron chi connectivity index (χ4n) is 3.83. The Morgan fingerprint density at radius 1 is 1.29 bits per heavy atom. The monoisotopic (exact) mass is 289 g/mol. The molecule has 1 unspecified atom stereocenters. The molecule has 1 aliphatic carbocycles. The molecule has 1 amide bonds. The molecular weight excluding hydrogens is 262 g/mol. The van der Waals surface area contributed by atoms with Gasteiger partial charge in [-0.1, -0.05) is 19.3 Å². The molecule has 3 rings (SSSR count). The molecule has 2 fully saturated rings. The van der Waals surface area contributed by atoms with Crippen LogP contribution in [0.3, 0.4) is 0 Å². The van der Waals surface area contributed by atoms with Crippen LogP contribution in [0.5, 0.6) is 0 Å². The van der Waals surface area contributed by atoms with Gasteiger partial charge in [0.1, 0.15) is 5.82 Å². The van der Waals surface area contributed by atoms with Crippen molar-refractivity contribution in [2.45, 2.75) is 64.2 Å². The standard InChI is InChI=1S/C17H27N3O/c1-13-11-18-17(19-13)15-8-5-9-20(12-15)16(21)10-14-6-3-2-4-7-14/h11,14-15H,2-10,12H2,1H3,(H,18,19). The Morgan fingerprint density at radius 3 is 2.81 bits per heavy atom. The van der Waals surface area contributed by atoms with E-state index in [4.69, 9.17) is 0 Å². The quantitative estimate of drug-likeness (QED) is 0.927. The number of H-pyrrole nitrogens is 1. The number of aryl methyl sites for hydroxylation is 1. The summed E-state index contributed by atoms with van der Waals surface area (Å²) < 4.78 is 0. The van der Waals surface area contributed by atoms with E-state index in [9.17, 15) is 4.79 Å². The zero-order valence-electron chi connectivity index (χ0n) is 13.1. The molecule has 1 aromatic heterocycles. The Kier molecular flexibility index (Phi) is 4.61. The Balaban J connectivity index is 1.56. The van der Waals surface area contributed by atoms with Crippen LogP contribution in [0.15, 0.2) is 6.20 Å². The molecule has 2 aliphatic rings. The first kappa shape index (κ1) is 14.6. The maximum absolute atomic E-state index is 12.5. The van der Waals surface area contributed by atoms with E-state index in [1.54, 1.807) is 0 Å².